The van der Waals surface area contributed by atoms with Crippen molar-refractivity contribution in [2.24, 2.45) is 0 Å². The zero-order chi connectivity index (χ0) is 16.4. The van der Waals surface area contributed by atoms with E-state index in [1.807, 2.05) is 4.90 Å². The zero-order valence-corrected chi connectivity index (χ0v) is 14.0. The Hall–Kier alpha value is -1.47. The lowest BCUT2D eigenvalue weighted by atomic mass is 10.2. The number of carbonyl (C=O) groups is 1. The molecule has 1 amide bonds. The SMILES string of the molecule is O=C(CCOC[C@@H]1CCCO1)N1CCC[C@H]1c1noc(C2CC2)n1. The molecule has 2 atom stereocenters. The summed E-state index contributed by atoms with van der Waals surface area (Å²) in [5, 5.41) is 4.11. The highest BCUT2D eigenvalue weighted by atomic mass is 16.5. The zero-order valence-electron chi connectivity index (χ0n) is 14.0. The van der Waals surface area contributed by atoms with Crippen LogP contribution < -0.4 is 0 Å². The van der Waals surface area contributed by atoms with Crippen molar-refractivity contribution in [3.63, 3.8) is 0 Å². The molecule has 3 fully saturated rings. The van der Waals surface area contributed by atoms with E-state index in [4.69, 9.17) is 14.0 Å². The average molecular weight is 335 g/mol. The molecule has 4 rings (SSSR count). The molecule has 7 nitrogen and oxygen atoms in total. The van der Waals surface area contributed by atoms with Gasteiger partial charge < -0.3 is 18.9 Å². The minimum atomic E-state index is -0.0353. The monoisotopic (exact) mass is 335 g/mol. The number of nitrogens with zero attached hydrogens (tertiary/aromatic N) is 3. The van der Waals surface area contributed by atoms with Gasteiger partial charge in [-0.15, -0.1) is 0 Å². The molecule has 2 saturated heterocycles. The predicted octanol–water partition coefficient (Wildman–Crippen LogP) is 2.20. The van der Waals surface area contributed by atoms with Crippen LogP contribution in [0.3, 0.4) is 0 Å². The summed E-state index contributed by atoms with van der Waals surface area (Å²) in [7, 11) is 0. The number of carbonyl (C=O) groups excluding carboxylic acids is 1. The first kappa shape index (κ1) is 16.0. The van der Waals surface area contributed by atoms with Gasteiger partial charge in [0.2, 0.25) is 11.8 Å². The molecule has 1 aliphatic carbocycles. The Morgan fingerprint density at radius 3 is 2.96 bits per heavy atom. The van der Waals surface area contributed by atoms with Gasteiger partial charge in [-0.3, -0.25) is 4.79 Å². The Morgan fingerprint density at radius 2 is 2.17 bits per heavy atom. The van der Waals surface area contributed by atoms with Gasteiger partial charge >= 0.3 is 0 Å². The van der Waals surface area contributed by atoms with E-state index in [1.165, 1.54) is 0 Å². The Labute approximate surface area is 141 Å². The van der Waals surface area contributed by atoms with Gasteiger partial charge in [0.15, 0.2) is 5.82 Å². The van der Waals surface area contributed by atoms with E-state index in [0.29, 0.717) is 31.4 Å². The minimum Gasteiger partial charge on any atom is -0.378 e. The van der Waals surface area contributed by atoms with Crippen molar-refractivity contribution in [2.45, 2.75) is 63.0 Å². The molecule has 3 heterocycles. The smallest absolute Gasteiger partial charge is 0.229 e. The summed E-state index contributed by atoms with van der Waals surface area (Å²) >= 11 is 0. The topological polar surface area (TPSA) is 77.7 Å². The molecule has 1 aromatic heterocycles. The minimum absolute atomic E-state index is 0.0353. The molecule has 132 valence electrons. The van der Waals surface area contributed by atoms with E-state index in [0.717, 1.165) is 57.6 Å². The molecule has 0 unspecified atom stereocenters. The highest BCUT2D eigenvalue weighted by molar-refractivity contribution is 5.77. The first-order chi connectivity index (χ1) is 11.8. The first-order valence-corrected chi connectivity index (χ1v) is 9.13. The first-order valence-electron chi connectivity index (χ1n) is 9.13. The maximum atomic E-state index is 12.5. The quantitative estimate of drug-likeness (QED) is 0.711. The Balaban J connectivity index is 1.26. The summed E-state index contributed by atoms with van der Waals surface area (Å²) < 4.78 is 16.5. The number of rotatable bonds is 7. The molecular weight excluding hydrogens is 310 g/mol. The van der Waals surface area contributed by atoms with Gasteiger partial charge in [0.25, 0.3) is 0 Å². The third-order valence-corrected chi connectivity index (χ3v) is 5.04. The molecule has 7 heteroatoms. The molecular formula is C17H25N3O4. The average Bonchev–Trinajstić information content (AvgIpc) is 3.03. The number of hydrogen-bond acceptors (Lipinski definition) is 6. The fourth-order valence-corrected chi connectivity index (χ4v) is 3.51. The van der Waals surface area contributed by atoms with Crippen molar-refractivity contribution in [3.05, 3.63) is 11.7 Å². The number of likely N-dealkylation sites (tertiary alicyclic amines) is 1. The number of hydrogen-bond donors (Lipinski definition) is 0. The van der Waals surface area contributed by atoms with Crippen LogP contribution in [0.1, 0.15) is 68.6 Å². The summed E-state index contributed by atoms with van der Waals surface area (Å²) in [6, 6.07) is -0.0353. The van der Waals surface area contributed by atoms with Crippen molar-refractivity contribution < 1.29 is 18.8 Å². The van der Waals surface area contributed by atoms with Crippen LogP contribution in [0, 0.1) is 0 Å². The van der Waals surface area contributed by atoms with Gasteiger partial charge in [-0.25, -0.2) is 0 Å². The Bertz CT molecular complexity index is 566. The number of amides is 1. The van der Waals surface area contributed by atoms with Crippen molar-refractivity contribution in [3.8, 4) is 0 Å². The maximum absolute atomic E-state index is 12.5. The van der Waals surface area contributed by atoms with Crippen LogP contribution in [-0.2, 0) is 14.3 Å². The van der Waals surface area contributed by atoms with Crippen LogP contribution in [0.5, 0.6) is 0 Å². The van der Waals surface area contributed by atoms with Gasteiger partial charge in [0, 0.05) is 19.1 Å². The van der Waals surface area contributed by atoms with Gasteiger partial charge in [-0.2, -0.15) is 4.98 Å². The predicted molar refractivity (Wildman–Crippen MR) is 84.4 cm³/mol. The Morgan fingerprint density at radius 1 is 1.25 bits per heavy atom. The molecule has 0 N–H and O–H groups in total. The van der Waals surface area contributed by atoms with Crippen LogP contribution in [0.4, 0.5) is 0 Å². The van der Waals surface area contributed by atoms with Crippen LogP contribution in [0.15, 0.2) is 4.52 Å². The third-order valence-electron chi connectivity index (χ3n) is 5.04. The van der Waals surface area contributed by atoms with Gasteiger partial charge in [0.1, 0.15) is 0 Å². The van der Waals surface area contributed by atoms with Gasteiger partial charge in [0.05, 0.1) is 31.8 Å². The molecule has 24 heavy (non-hydrogen) atoms. The number of ether oxygens (including phenoxy) is 2. The molecule has 0 radical (unpaired) electrons. The summed E-state index contributed by atoms with van der Waals surface area (Å²) in [6.07, 6.45) is 6.94. The summed E-state index contributed by atoms with van der Waals surface area (Å²) in [5.41, 5.74) is 0. The lowest BCUT2D eigenvalue weighted by molar-refractivity contribution is -0.133. The van der Waals surface area contributed by atoms with E-state index in [1.54, 1.807) is 0 Å². The molecule has 3 aliphatic rings. The third kappa shape index (κ3) is 3.62. The van der Waals surface area contributed by atoms with E-state index >= 15 is 0 Å². The highest BCUT2D eigenvalue weighted by Crippen LogP contribution is 2.40. The Kier molecular flexibility index (Phi) is 4.80. The van der Waals surface area contributed by atoms with E-state index in [9.17, 15) is 4.79 Å². The largest absolute Gasteiger partial charge is 0.378 e. The fraction of sp³-hybridized carbons (Fsp3) is 0.824. The van der Waals surface area contributed by atoms with E-state index < -0.39 is 0 Å². The van der Waals surface area contributed by atoms with Gasteiger partial charge in [-0.05, 0) is 38.5 Å². The van der Waals surface area contributed by atoms with Crippen molar-refractivity contribution in [2.75, 3.05) is 26.4 Å². The fourth-order valence-electron chi connectivity index (χ4n) is 3.51. The van der Waals surface area contributed by atoms with Crippen molar-refractivity contribution >= 4 is 5.91 Å². The lowest BCUT2D eigenvalue weighted by Gasteiger charge is -2.22. The van der Waals surface area contributed by atoms with Gasteiger partial charge in [-0.1, -0.05) is 5.16 Å². The second-order valence-electron chi connectivity index (χ2n) is 6.97. The second-order valence-corrected chi connectivity index (χ2v) is 6.97. The molecule has 0 bridgehead atoms. The molecule has 1 aromatic rings. The van der Waals surface area contributed by atoms with Crippen LogP contribution >= 0.6 is 0 Å². The lowest BCUT2D eigenvalue weighted by Crippen LogP contribution is -2.32. The molecule has 0 aromatic carbocycles. The summed E-state index contributed by atoms with van der Waals surface area (Å²) in [5.74, 6) is 1.97. The summed E-state index contributed by atoms with van der Waals surface area (Å²) in [4.78, 5) is 18.9. The van der Waals surface area contributed by atoms with E-state index in [2.05, 4.69) is 10.1 Å². The van der Waals surface area contributed by atoms with Crippen molar-refractivity contribution in [1.29, 1.82) is 0 Å². The maximum Gasteiger partial charge on any atom is 0.229 e. The molecule has 0 spiro atoms. The molecule has 2 aliphatic heterocycles. The van der Waals surface area contributed by atoms with Crippen LogP contribution in [0.25, 0.3) is 0 Å². The summed E-state index contributed by atoms with van der Waals surface area (Å²) in [6.45, 7) is 2.63. The van der Waals surface area contributed by atoms with Crippen molar-refractivity contribution in [1.82, 2.24) is 15.0 Å². The van der Waals surface area contributed by atoms with E-state index in [-0.39, 0.29) is 18.1 Å². The normalized spacial score (nSPS) is 27.1. The number of aromatic nitrogens is 2. The second kappa shape index (κ2) is 7.19. The molecule has 1 saturated carbocycles. The van der Waals surface area contributed by atoms with Crippen LogP contribution in [-0.4, -0.2) is 53.4 Å². The van der Waals surface area contributed by atoms with Crippen LogP contribution in [0.2, 0.25) is 0 Å². The highest BCUT2D eigenvalue weighted by Gasteiger charge is 2.35. The standard InChI is InChI=1S/C17H25N3O4/c21-15(7-10-22-11-13-3-2-9-23-13)20-8-1-4-14(20)16-18-17(24-19-16)12-5-6-12/h12-14H,1-11H2/t13-,14-/m0/s1.